The summed E-state index contributed by atoms with van der Waals surface area (Å²) in [5.41, 5.74) is 3.69. The molecule has 0 bridgehead atoms. The van der Waals surface area contributed by atoms with Crippen LogP contribution in [0.3, 0.4) is 0 Å². The maximum Gasteiger partial charge on any atom is 0.275 e. The molecule has 25 heavy (non-hydrogen) atoms. The second-order valence-corrected chi connectivity index (χ2v) is 5.71. The lowest BCUT2D eigenvalue weighted by molar-refractivity contribution is 0.0952. The second kappa shape index (κ2) is 8.39. The molecule has 0 aromatic heterocycles. The van der Waals surface area contributed by atoms with E-state index in [9.17, 15) is 15.0 Å². The van der Waals surface area contributed by atoms with Crippen molar-refractivity contribution in [1.82, 2.24) is 5.43 Å². The Morgan fingerprint density at radius 2 is 1.88 bits per heavy atom. The Labute approximate surface area is 151 Å². The Bertz CT molecular complexity index is 789. The molecule has 0 aliphatic carbocycles. The summed E-state index contributed by atoms with van der Waals surface area (Å²) in [6.45, 7) is 5.75. The number of anilines is 1. The van der Waals surface area contributed by atoms with E-state index in [0.717, 1.165) is 18.8 Å². The van der Waals surface area contributed by atoms with Crippen LogP contribution >= 0.6 is 11.6 Å². The number of rotatable bonds is 6. The topological polar surface area (TPSA) is 85.2 Å². The molecule has 1 amide bonds. The maximum absolute atomic E-state index is 12.0. The van der Waals surface area contributed by atoms with Crippen molar-refractivity contribution >= 4 is 29.4 Å². The summed E-state index contributed by atoms with van der Waals surface area (Å²) < 4.78 is 0. The van der Waals surface area contributed by atoms with Gasteiger partial charge in [0, 0.05) is 35.4 Å². The van der Waals surface area contributed by atoms with Crippen molar-refractivity contribution < 1.29 is 15.0 Å². The Kier molecular flexibility index (Phi) is 6.25. The highest BCUT2D eigenvalue weighted by atomic mass is 35.5. The molecule has 0 aliphatic heterocycles. The molecule has 0 saturated carbocycles. The van der Waals surface area contributed by atoms with Crippen LogP contribution in [0.2, 0.25) is 5.02 Å². The summed E-state index contributed by atoms with van der Waals surface area (Å²) in [6, 6.07) is 9.40. The van der Waals surface area contributed by atoms with Gasteiger partial charge >= 0.3 is 0 Å². The van der Waals surface area contributed by atoms with E-state index < -0.39 is 5.91 Å². The molecule has 2 rings (SSSR count). The van der Waals surface area contributed by atoms with Crippen LogP contribution in [0.25, 0.3) is 0 Å². The molecule has 0 unspecified atom stereocenters. The summed E-state index contributed by atoms with van der Waals surface area (Å²) >= 11 is 5.81. The van der Waals surface area contributed by atoms with Gasteiger partial charge in [-0.3, -0.25) is 4.79 Å². The van der Waals surface area contributed by atoms with E-state index in [-0.39, 0.29) is 17.1 Å². The molecule has 0 fully saturated rings. The normalized spacial score (nSPS) is 10.8. The lowest BCUT2D eigenvalue weighted by Crippen LogP contribution is -2.21. The van der Waals surface area contributed by atoms with E-state index in [1.165, 1.54) is 24.4 Å². The quantitative estimate of drug-likeness (QED) is 0.544. The van der Waals surface area contributed by atoms with Gasteiger partial charge in [0.1, 0.15) is 11.5 Å². The van der Waals surface area contributed by atoms with Gasteiger partial charge in [-0.05, 0) is 44.2 Å². The summed E-state index contributed by atoms with van der Waals surface area (Å²) in [5, 5.41) is 23.9. The van der Waals surface area contributed by atoms with Gasteiger partial charge in [-0.2, -0.15) is 5.10 Å². The highest BCUT2D eigenvalue weighted by Crippen LogP contribution is 2.24. The summed E-state index contributed by atoms with van der Waals surface area (Å²) in [7, 11) is 0. The predicted octanol–water partition coefficient (Wildman–Crippen LogP) is 3.36. The van der Waals surface area contributed by atoms with Gasteiger partial charge in [0.2, 0.25) is 0 Å². The third-order valence-corrected chi connectivity index (χ3v) is 3.95. The number of hydrogen-bond acceptors (Lipinski definition) is 5. The van der Waals surface area contributed by atoms with Gasteiger partial charge in [0.25, 0.3) is 5.91 Å². The van der Waals surface area contributed by atoms with Gasteiger partial charge in [-0.15, -0.1) is 0 Å². The largest absolute Gasteiger partial charge is 0.507 e. The van der Waals surface area contributed by atoms with E-state index in [2.05, 4.69) is 15.4 Å². The smallest absolute Gasteiger partial charge is 0.275 e. The van der Waals surface area contributed by atoms with Crippen molar-refractivity contribution in [3.63, 3.8) is 0 Å². The van der Waals surface area contributed by atoms with E-state index >= 15 is 0 Å². The molecule has 6 nitrogen and oxygen atoms in total. The minimum atomic E-state index is -0.601. The molecule has 0 atom stereocenters. The van der Waals surface area contributed by atoms with Crippen LogP contribution in [0, 0.1) is 0 Å². The molecule has 0 spiro atoms. The molecular weight excluding hydrogens is 342 g/mol. The average molecular weight is 362 g/mol. The Balaban J connectivity index is 2.09. The van der Waals surface area contributed by atoms with Crippen molar-refractivity contribution in [3.05, 3.63) is 52.5 Å². The fraction of sp³-hybridized carbons (Fsp3) is 0.222. The molecule has 0 aliphatic rings. The molecule has 2 aromatic carbocycles. The number of nitrogens with one attached hydrogen (secondary N) is 1. The highest BCUT2D eigenvalue weighted by molar-refractivity contribution is 6.31. The minimum Gasteiger partial charge on any atom is -0.507 e. The van der Waals surface area contributed by atoms with Crippen LogP contribution in [0.4, 0.5) is 5.69 Å². The Morgan fingerprint density at radius 1 is 1.16 bits per heavy atom. The first kappa shape index (κ1) is 18.6. The monoisotopic (exact) mass is 361 g/mol. The summed E-state index contributed by atoms with van der Waals surface area (Å²) in [6.07, 6.45) is 1.33. The Morgan fingerprint density at radius 3 is 2.52 bits per heavy atom. The zero-order valence-corrected chi connectivity index (χ0v) is 14.8. The van der Waals surface area contributed by atoms with Crippen molar-refractivity contribution in [1.29, 1.82) is 0 Å². The highest BCUT2D eigenvalue weighted by Gasteiger charge is 2.11. The number of halogens is 1. The maximum atomic E-state index is 12.0. The van der Waals surface area contributed by atoms with Crippen molar-refractivity contribution in [3.8, 4) is 11.5 Å². The average Bonchev–Trinajstić information content (AvgIpc) is 2.59. The Hall–Kier alpha value is -2.73. The van der Waals surface area contributed by atoms with E-state index in [1.54, 1.807) is 12.1 Å². The fourth-order valence-electron chi connectivity index (χ4n) is 2.34. The molecule has 7 heteroatoms. The SMILES string of the molecule is CCN(CC)c1ccc(/C=N/NC(=O)c2cc(Cl)ccc2O)c(O)c1. The number of phenolic OH excluding ortho intramolecular Hbond substituents is 2. The zero-order valence-electron chi connectivity index (χ0n) is 14.0. The van der Waals surface area contributed by atoms with Crippen molar-refractivity contribution in [2.45, 2.75) is 13.8 Å². The molecule has 132 valence electrons. The van der Waals surface area contributed by atoms with Crippen molar-refractivity contribution in [2.24, 2.45) is 5.10 Å². The standard InChI is InChI=1S/C18H20ClN3O3/c1-3-22(4-2)14-7-5-12(17(24)10-14)11-20-21-18(25)15-9-13(19)6-8-16(15)23/h5-11,23-24H,3-4H2,1-2H3,(H,21,25)/b20-11+. The summed E-state index contributed by atoms with van der Waals surface area (Å²) in [4.78, 5) is 14.1. The van der Waals surface area contributed by atoms with Gasteiger partial charge in [-0.1, -0.05) is 11.6 Å². The van der Waals surface area contributed by atoms with Crippen LogP contribution in [0.15, 0.2) is 41.5 Å². The molecule has 0 saturated heterocycles. The zero-order chi connectivity index (χ0) is 18.4. The van der Waals surface area contributed by atoms with Gasteiger partial charge in [-0.25, -0.2) is 5.43 Å². The number of hydrazone groups is 1. The first-order chi connectivity index (χ1) is 12.0. The number of amides is 1. The molecule has 0 heterocycles. The first-order valence-electron chi connectivity index (χ1n) is 7.86. The number of benzene rings is 2. The van der Waals surface area contributed by atoms with E-state index in [1.807, 2.05) is 19.9 Å². The van der Waals surface area contributed by atoms with Crippen LogP contribution in [0.5, 0.6) is 11.5 Å². The number of carbonyl (C=O) groups is 1. The van der Waals surface area contributed by atoms with E-state index in [4.69, 9.17) is 11.6 Å². The lowest BCUT2D eigenvalue weighted by atomic mass is 10.2. The van der Waals surface area contributed by atoms with Gasteiger partial charge < -0.3 is 15.1 Å². The molecule has 2 aromatic rings. The third-order valence-electron chi connectivity index (χ3n) is 3.72. The fourth-order valence-corrected chi connectivity index (χ4v) is 2.51. The van der Waals surface area contributed by atoms with Gasteiger partial charge in [0.15, 0.2) is 0 Å². The summed E-state index contributed by atoms with van der Waals surface area (Å²) in [5.74, 6) is -0.730. The molecule has 0 radical (unpaired) electrons. The van der Waals surface area contributed by atoms with Crippen LogP contribution in [0.1, 0.15) is 29.8 Å². The minimum absolute atomic E-state index is 0.0192. The second-order valence-electron chi connectivity index (χ2n) is 5.28. The van der Waals surface area contributed by atoms with E-state index in [0.29, 0.717) is 10.6 Å². The number of phenols is 2. The van der Waals surface area contributed by atoms with Crippen molar-refractivity contribution in [2.75, 3.05) is 18.0 Å². The van der Waals surface area contributed by atoms with Crippen LogP contribution < -0.4 is 10.3 Å². The lowest BCUT2D eigenvalue weighted by Gasteiger charge is -2.21. The molecule has 3 N–H and O–H groups in total. The molecular formula is C18H20ClN3O3. The van der Waals surface area contributed by atoms with Gasteiger partial charge in [0.05, 0.1) is 11.8 Å². The van der Waals surface area contributed by atoms with Crippen LogP contribution in [-0.4, -0.2) is 35.4 Å². The first-order valence-corrected chi connectivity index (χ1v) is 8.24. The number of carbonyl (C=O) groups excluding carboxylic acids is 1. The number of aromatic hydroxyl groups is 2. The third kappa shape index (κ3) is 4.64. The van der Waals surface area contributed by atoms with Crippen LogP contribution in [-0.2, 0) is 0 Å². The number of nitrogens with zero attached hydrogens (tertiary/aromatic N) is 2. The predicted molar refractivity (Wildman–Crippen MR) is 99.8 cm³/mol. The number of hydrogen-bond donors (Lipinski definition) is 3.